The Morgan fingerprint density at radius 3 is 3.08 bits per heavy atom. The number of methoxy groups -OCH3 is 1. The second-order valence-corrected chi connectivity index (χ2v) is 3.55. The van der Waals surface area contributed by atoms with Crippen LogP contribution in [0.2, 0.25) is 0 Å². The smallest absolute Gasteiger partial charge is 0.119 e. The molecular formula is C8H14N2OS. The van der Waals surface area contributed by atoms with Crippen molar-refractivity contribution in [2.45, 2.75) is 19.6 Å². The van der Waals surface area contributed by atoms with E-state index in [1.807, 2.05) is 7.05 Å². The van der Waals surface area contributed by atoms with Crippen molar-refractivity contribution in [3.8, 4) is 0 Å². The lowest BCUT2D eigenvalue weighted by Gasteiger charge is -2.04. The van der Waals surface area contributed by atoms with Crippen molar-refractivity contribution < 1.29 is 4.74 Å². The van der Waals surface area contributed by atoms with E-state index in [4.69, 9.17) is 4.74 Å². The van der Waals surface area contributed by atoms with E-state index in [0.717, 1.165) is 10.7 Å². The maximum absolute atomic E-state index is 4.98. The third-order valence-corrected chi connectivity index (χ3v) is 2.55. The lowest BCUT2D eigenvalue weighted by Crippen LogP contribution is -2.12. The summed E-state index contributed by atoms with van der Waals surface area (Å²) < 4.78 is 4.98. The van der Waals surface area contributed by atoms with Crippen LogP contribution >= 0.6 is 11.3 Å². The highest BCUT2D eigenvalue weighted by molar-refractivity contribution is 7.09. The summed E-state index contributed by atoms with van der Waals surface area (Å²) in [6, 6.07) is 0.326. The Labute approximate surface area is 76.8 Å². The van der Waals surface area contributed by atoms with Crippen LogP contribution in [-0.2, 0) is 11.3 Å². The Morgan fingerprint density at radius 1 is 1.75 bits per heavy atom. The third kappa shape index (κ3) is 2.27. The van der Waals surface area contributed by atoms with Crippen molar-refractivity contribution in [1.29, 1.82) is 0 Å². The van der Waals surface area contributed by atoms with Gasteiger partial charge < -0.3 is 10.1 Å². The molecule has 0 spiro atoms. The van der Waals surface area contributed by atoms with Crippen LogP contribution in [0.3, 0.4) is 0 Å². The lowest BCUT2D eigenvalue weighted by atomic mass is 10.3. The van der Waals surface area contributed by atoms with Crippen molar-refractivity contribution in [2.24, 2.45) is 0 Å². The van der Waals surface area contributed by atoms with Gasteiger partial charge in [0.25, 0.3) is 0 Å². The Kier molecular flexibility index (Phi) is 3.65. The number of aromatic nitrogens is 1. The van der Waals surface area contributed by atoms with Gasteiger partial charge in [-0.25, -0.2) is 4.98 Å². The first kappa shape index (κ1) is 9.64. The van der Waals surface area contributed by atoms with Gasteiger partial charge in [0.15, 0.2) is 0 Å². The van der Waals surface area contributed by atoms with Gasteiger partial charge in [-0.05, 0) is 14.0 Å². The van der Waals surface area contributed by atoms with Gasteiger partial charge in [0.2, 0.25) is 0 Å². The molecule has 0 aliphatic rings. The molecule has 1 aromatic heterocycles. The molecule has 0 aliphatic heterocycles. The van der Waals surface area contributed by atoms with Gasteiger partial charge in [-0.2, -0.15) is 0 Å². The molecule has 1 N–H and O–H groups in total. The van der Waals surface area contributed by atoms with E-state index >= 15 is 0 Å². The molecule has 1 unspecified atom stereocenters. The van der Waals surface area contributed by atoms with Crippen molar-refractivity contribution in [1.82, 2.24) is 10.3 Å². The van der Waals surface area contributed by atoms with Crippen LogP contribution in [0, 0.1) is 0 Å². The van der Waals surface area contributed by atoms with Gasteiger partial charge in [-0.1, -0.05) is 0 Å². The number of hydrogen-bond donors (Lipinski definition) is 1. The molecule has 0 amide bonds. The van der Waals surface area contributed by atoms with Crippen LogP contribution in [-0.4, -0.2) is 19.1 Å². The van der Waals surface area contributed by atoms with Crippen molar-refractivity contribution in [2.75, 3.05) is 14.2 Å². The Bertz CT molecular complexity index is 237. The molecule has 0 saturated carbocycles. The van der Waals surface area contributed by atoms with E-state index in [-0.39, 0.29) is 0 Å². The van der Waals surface area contributed by atoms with Crippen molar-refractivity contribution >= 4 is 11.3 Å². The van der Waals surface area contributed by atoms with Gasteiger partial charge in [-0.3, -0.25) is 0 Å². The number of thiazole rings is 1. The number of nitrogens with zero attached hydrogens (tertiary/aromatic N) is 1. The predicted molar refractivity (Wildman–Crippen MR) is 50.3 cm³/mol. The van der Waals surface area contributed by atoms with Crippen LogP contribution < -0.4 is 5.32 Å². The Hall–Kier alpha value is -0.450. The number of rotatable bonds is 4. The maximum atomic E-state index is 4.98. The van der Waals surface area contributed by atoms with E-state index in [2.05, 4.69) is 22.6 Å². The molecule has 1 rings (SSSR count). The highest BCUT2D eigenvalue weighted by Crippen LogP contribution is 2.16. The first-order chi connectivity index (χ1) is 5.77. The van der Waals surface area contributed by atoms with Gasteiger partial charge in [0.05, 0.1) is 12.3 Å². The minimum absolute atomic E-state index is 0.326. The minimum Gasteiger partial charge on any atom is -0.378 e. The molecule has 0 saturated heterocycles. The van der Waals surface area contributed by atoms with Gasteiger partial charge in [-0.15, -0.1) is 11.3 Å². The summed E-state index contributed by atoms with van der Waals surface area (Å²) in [6.07, 6.45) is 0. The fourth-order valence-electron chi connectivity index (χ4n) is 0.862. The summed E-state index contributed by atoms with van der Waals surface area (Å²) in [6.45, 7) is 2.70. The molecule has 1 atom stereocenters. The maximum Gasteiger partial charge on any atom is 0.119 e. The summed E-state index contributed by atoms with van der Waals surface area (Å²) in [5, 5.41) is 6.24. The fraction of sp³-hybridized carbons (Fsp3) is 0.625. The van der Waals surface area contributed by atoms with E-state index < -0.39 is 0 Å². The van der Waals surface area contributed by atoms with Crippen molar-refractivity contribution in [3.05, 3.63) is 16.1 Å². The summed E-state index contributed by atoms with van der Waals surface area (Å²) in [5.74, 6) is 0. The quantitative estimate of drug-likeness (QED) is 0.775. The molecule has 0 bridgehead atoms. The van der Waals surface area contributed by atoms with Gasteiger partial charge in [0, 0.05) is 18.5 Å². The Balaban J connectivity index is 2.63. The summed E-state index contributed by atoms with van der Waals surface area (Å²) in [7, 11) is 3.61. The predicted octanol–water partition coefficient (Wildman–Crippen LogP) is 1.57. The van der Waals surface area contributed by atoms with Crippen LogP contribution in [0.4, 0.5) is 0 Å². The first-order valence-corrected chi connectivity index (χ1v) is 4.76. The van der Waals surface area contributed by atoms with Crippen LogP contribution in [0.15, 0.2) is 5.38 Å². The second-order valence-electron chi connectivity index (χ2n) is 2.61. The summed E-state index contributed by atoms with van der Waals surface area (Å²) in [5.41, 5.74) is 1.09. The number of hydrogen-bond acceptors (Lipinski definition) is 4. The van der Waals surface area contributed by atoms with Gasteiger partial charge in [0.1, 0.15) is 5.01 Å². The normalized spacial score (nSPS) is 13.2. The molecule has 68 valence electrons. The summed E-state index contributed by atoms with van der Waals surface area (Å²) in [4.78, 5) is 4.40. The van der Waals surface area contributed by atoms with Crippen molar-refractivity contribution in [3.63, 3.8) is 0 Å². The topological polar surface area (TPSA) is 34.1 Å². The zero-order chi connectivity index (χ0) is 8.97. The standard InChI is InChI=1S/C8H14N2OS/c1-6(9-2)7-5-12-8(10-7)4-11-3/h5-6,9H,4H2,1-3H3. The molecule has 0 fully saturated rings. The van der Waals surface area contributed by atoms with Crippen LogP contribution in [0.25, 0.3) is 0 Å². The average Bonchev–Trinajstić information content (AvgIpc) is 2.52. The molecule has 12 heavy (non-hydrogen) atoms. The average molecular weight is 186 g/mol. The largest absolute Gasteiger partial charge is 0.378 e. The molecule has 0 radical (unpaired) electrons. The lowest BCUT2D eigenvalue weighted by molar-refractivity contribution is 0.184. The molecule has 3 nitrogen and oxygen atoms in total. The molecule has 4 heteroatoms. The minimum atomic E-state index is 0.326. The fourth-order valence-corrected chi connectivity index (χ4v) is 1.72. The van der Waals surface area contributed by atoms with E-state index in [9.17, 15) is 0 Å². The van der Waals surface area contributed by atoms with Crippen LogP contribution in [0.1, 0.15) is 23.7 Å². The molecule has 0 aromatic carbocycles. The molecule has 0 aliphatic carbocycles. The monoisotopic (exact) mass is 186 g/mol. The third-order valence-electron chi connectivity index (χ3n) is 1.71. The zero-order valence-corrected chi connectivity index (χ0v) is 8.44. The molecule has 1 heterocycles. The summed E-state index contributed by atoms with van der Waals surface area (Å²) >= 11 is 1.64. The molecule has 1 aromatic rings. The Morgan fingerprint density at radius 2 is 2.50 bits per heavy atom. The van der Waals surface area contributed by atoms with E-state index in [0.29, 0.717) is 12.6 Å². The highest BCUT2D eigenvalue weighted by Gasteiger charge is 2.06. The second kappa shape index (κ2) is 4.54. The van der Waals surface area contributed by atoms with E-state index in [1.54, 1.807) is 18.4 Å². The SMILES string of the molecule is CNC(C)c1csc(COC)n1. The number of ether oxygens (including phenoxy) is 1. The highest BCUT2D eigenvalue weighted by atomic mass is 32.1. The molecular weight excluding hydrogens is 172 g/mol. The number of nitrogens with one attached hydrogen (secondary N) is 1. The van der Waals surface area contributed by atoms with E-state index in [1.165, 1.54) is 0 Å². The van der Waals surface area contributed by atoms with Gasteiger partial charge >= 0.3 is 0 Å². The zero-order valence-electron chi connectivity index (χ0n) is 7.63. The van der Waals surface area contributed by atoms with Crippen LogP contribution in [0.5, 0.6) is 0 Å². The first-order valence-electron chi connectivity index (χ1n) is 3.88.